The van der Waals surface area contributed by atoms with Crippen LogP contribution in [-0.2, 0) is 11.3 Å². The van der Waals surface area contributed by atoms with Crippen LogP contribution in [0.3, 0.4) is 0 Å². The molecule has 1 aromatic rings. The van der Waals surface area contributed by atoms with E-state index in [1.165, 1.54) is 12.8 Å². The topological polar surface area (TPSA) is 39.7 Å². The van der Waals surface area contributed by atoms with E-state index >= 15 is 0 Å². The third-order valence-electron chi connectivity index (χ3n) is 3.57. The van der Waals surface area contributed by atoms with Crippen LogP contribution < -0.4 is 14.8 Å². The lowest BCUT2D eigenvalue weighted by atomic mass is 10.2. The van der Waals surface area contributed by atoms with Crippen molar-refractivity contribution in [1.29, 1.82) is 0 Å². The van der Waals surface area contributed by atoms with Gasteiger partial charge >= 0.3 is 0 Å². The number of ether oxygens (including phenoxy) is 3. The van der Waals surface area contributed by atoms with Crippen molar-refractivity contribution in [2.75, 3.05) is 33.5 Å². The van der Waals surface area contributed by atoms with Crippen LogP contribution in [0.4, 0.5) is 0 Å². The summed E-state index contributed by atoms with van der Waals surface area (Å²) < 4.78 is 16.7. The van der Waals surface area contributed by atoms with Gasteiger partial charge in [0.2, 0.25) is 0 Å². The van der Waals surface area contributed by atoms with Crippen LogP contribution in [0.25, 0.3) is 0 Å². The summed E-state index contributed by atoms with van der Waals surface area (Å²) in [4.78, 5) is 0. The zero-order chi connectivity index (χ0) is 14.9. The summed E-state index contributed by atoms with van der Waals surface area (Å²) in [7, 11) is 1.69. The molecule has 2 rings (SSSR count). The van der Waals surface area contributed by atoms with Crippen LogP contribution in [-0.4, -0.2) is 33.5 Å². The van der Waals surface area contributed by atoms with Gasteiger partial charge in [-0.05, 0) is 44.7 Å². The summed E-state index contributed by atoms with van der Waals surface area (Å²) in [5.74, 6) is 2.49. The maximum Gasteiger partial charge on any atom is 0.165 e. The first-order valence-corrected chi connectivity index (χ1v) is 7.92. The second kappa shape index (κ2) is 8.90. The fourth-order valence-corrected chi connectivity index (χ4v) is 2.26. The molecule has 0 saturated heterocycles. The van der Waals surface area contributed by atoms with E-state index in [9.17, 15) is 0 Å². The third kappa shape index (κ3) is 5.56. The van der Waals surface area contributed by atoms with Crippen molar-refractivity contribution >= 4 is 0 Å². The maximum atomic E-state index is 5.62. The summed E-state index contributed by atoms with van der Waals surface area (Å²) in [6, 6.07) is 6.01. The highest BCUT2D eigenvalue weighted by Gasteiger charge is 2.20. The van der Waals surface area contributed by atoms with Crippen LogP contribution in [0.15, 0.2) is 18.2 Å². The Labute approximate surface area is 127 Å². The van der Waals surface area contributed by atoms with Crippen molar-refractivity contribution in [2.45, 2.75) is 32.7 Å². The Morgan fingerprint density at radius 3 is 2.86 bits per heavy atom. The molecule has 0 aromatic heterocycles. The Morgan fingerprint density at radius 1 is 1.29 bits per heavy atom. The number of methoxy groups -OCH3 is 1. The van der Waals surface area contributed by atoms with E-state index in [-0.39, 0.29) is 0 Å². The van der Waals surface area contributed by atoms with E-state index in [2.05, 4.69) is 11.4 Å². The van der Waals surface area contributed by atoms with Gasteiger partial charge in [0.1, 0.15) is 0 Å². The molecule has 1 aliphatic rings. The SMILES string of the molecule is CCOc1cccc(CNCCCOCC2CC2)c1OC. The molecule has 0 bridgehead atoms. The molecule has 1 fully saturated rings. The molecule has 0 heterocycles. The largest absolute Gasteiger partial charge is 0.493 e. The standard InChI is InChI=1S/C17H27NO3/c1-3-21-16-7-4-6-15(17(16)19-2)12-18-10-5-11-20-13-14-8-9-14/h4,6-7,14,18H,3,5,8-13H2,1-2H3. The predicted octanol–water partition coefficient (Wildman–Crippen LogP) is 3.00. The second-order valence-electron chi connectivity index (χ2n) is 5.43. The molecule has 118 valence electrons. The number of hydrogen-bond acceptors (Lipinski definition) is 4. The van der Waals surface area contributed by atoms with Crippen molar-refractivity contribution in [3.05, 3.63) is 23.8 Å². The second-order valence-corrected chi connectivity index (χ2v) is 5.43. The molecule has 1 aromatic carbocycles. The Hall–Kier alpha value is -1.26. The molecule has 1 saturated carbocycles. The van der Waals surface area contributed by atoms with Gasteiger partial charge in [0.05, 0.1) is 13.7 Å². The zero-order valence-electron chi connectivity index (χ0n) is 13.2. The van der Waals surface area contributed by atoms with Crippen LogP contribution in [0.5, 0.6) is 11.5 Å². The van der Waals surface area contributed by atoms with Gasteiger partial charge in [-0.1, -0.05) is 12.1 Å². The smallest absolute Gasteiger partial charge is 0.165 e. The maximum absolute atomic E-state index is 5.62. The van der Waals surface area contributed by atoms with Crippen molar-refractivity contribution < 1.29 is 14.2 Å². The molecule has 0 spiro atoms. The summed E-state index contributed by atoms with van der Waals surface area (Å²) in [5.41, 5.74) is 1.13. The predicted molar refractivity (Wildman–Crippen MR) is 84.0 cm³/mol. The van der Waals surface area contributed by atoms with Crippen LogP contribution >= 0.6 is 0 Å². The summed E-state index contributed by atoms with van der Waals surface area (Å²) >= 11 is 0. The van der Waals surface area contributed by atoms with E-state index < -0.39 is 0 Å². The van der Waals surface area contributed by atoms with E-state index in [0.717, 1.165) is 55.7 Å². The average Bonchev–Trinajstić information content (AvgIpc) is 3.31. The fraction of sp³-hybridized carbons (Fsp3) is 0.647. The van der Waals surface area contributed by atoms with Gasteiger partial charge in [0.25, 0.3) is 0 Å². The van der Waals surface area contributed by atoms with Crippen molar-refractivity contribution in [3.8, 4) is 11.5 Å². The summed E-state index contributed by atoms with van der Waals surface area (Å²) in [6.07, 6.45) is 3.75. The minimum Gasteiger partial charge on any atom is -0.493 e. The molecular formula is C17H27NO3. The number of rotatable bonds is 11. The van der Waals surface area contributed by atoms with Gasteiger partial charge in [-0.15, -0.1) is 0 Å². The lowest BCUT2D eigenvalue weighted by Crippen LogP contribution is -2.17. The highest BCUT2D eigenvalue weighted by molar-refractivity contribution is 5.46. The van der Waals surface area contributed by atoms with Crippen molar-refractivity contribution in [2.24, 2.45) is 5.92 Å². The molecule has 0 atom stereocenters. The molecule has 1 aliphatic carbocycles. The Balaban J connectivity index is 1.67. The van der Waals surface area contributed by atoms with Gasteiger partial charge in [0, 0.05) is 25.3 Å². The number of hydrogen-bond donors (Lipinski definition) is 1. The molecule has 0 amide bonds. The van der Waals surface area contributed by atoms with E-state index in [1.807, 2.05) is 19.1 Å². The van der Waals surface area contributed by atoms with E-state index in [1.54, 1.807) is 7.11 Å². The molecule has 0 radical (unpaired) electrons. The van der Waals surface area contributed by atoms with E-state index in [0.29, 0.717) is 6.61 Å². The third-order valence-corrected chi connectivity index (χ3v) is 3.57. The molecule has 21 heavy (non-hydrogen) atoms. The summed E-state index contributed by atoms with van der Waals surface area (Å²) in [6.45, 7) is 6.15. The lowest BCUT2D eigenvalue weighted by molar-refractivity contribution is 0.122. The molecule has 0 unspecified atom stereocenters. The lowest BCUT2D eigenvalue weighted by Gasteiger charge is -2.14. The summed E-state index contributed by atoms with van der Waals surface area (Å²) in [5, 5.41) is 3.43. The fourth-order valence-electron chi connectivity index (χ4n) is 2.26. The van der Waals surface area contributed by atoms with E-state index in [4.69, 9.17) is 14.2 Å². The number of benzene rings is 1. The monoisotopic (exact) mass is 293 g/mol. The van der Waals surface area contributed by atoms with Gasteiger partial charge in [-0.2, -0.15) is 0 Å². The van der Waals surface area contributed by atoms with Crippen LogP contribution in [0, 0.1) is 5.92 Å². The van der Waals surface area contributed by atoms with Crippen molar-refractivity contribution in [1.82, 2.24) is 5.32 Å². The first kappa shape index (κ1) is 16.1. The highest BCUT2D eigenvalue weighted by Crippen LogP contribution is 2.31. The zero-order valence-corrected chi connectivity index (χ0v) is 13.2. The van der Waals surface area contributed by atoms with Gasteiger partial charge in [0.15, 0.2) is 11.5 Å². The molecule has 1 N–H and O–H groups in total. The molecule has 0 aliphatic heterocycles. The normalized spacial score (nSPS) is 14.2. The van der Waals surface area contributed by atoms with Gasteiger partial charge in [-0.25, -0.2) is 0 Å². The molecule has 4 heteroatoms. The van der Waals surface area contributed by atoms with Gasteiger partial charge in [-0.3, -0.25) is 0 Å². The van der Waals surface area contributed by atoms with Crippen LogP contribution in [0.1, 0.15) is 31.7 Å². The first-order valence-electron chi connectivity index (χ1n) is 7.92. The first-order chi connectivity index (χ1) is 10.3. The Morgan fingerprint density at radius 2 is 2.14 bits per heavy atom. The minimum absolute atomic E-state index is 0.644. The minimum atomic E-state index is 0.644. The number of nitrogens with one attached hydrogen (secondary N) is 1. The Kier molecular flexibility index (Phi) is 6.83. The number of para-hydroxylation sites is 1. The van der Waals surface area contributed by atoms with Crippen molar-refractivity contribution in [3.63, 3.8) is 0 Å². The molecule has 4 nitrogen and oxygen atoms in total. The molecular weight excluding hydrogens is 266 g/mol. The highest BCUT2D eigenvalue weighted by atomic mass is 16.5. The van der Waals surface area contributed by atoms with Gasteiger partial charge < -0.3 is 19.5 Å². The quantitative estimate of drug-likeness (QED) is 0.637. The Bertz CT molecular complexity index is 418. The average molecular weight is 293 g/mol. The van der Waals surface area contributed by atoms with Crippen LogP contribution in [0.2, 0.25) is 0 Å².